The Morgan fingerprint density at radius 1 is 1.19 bits per heavy atom. The predicted molar refractivity (Wildman–Crippen MR) is 143 cm³/mol. The topological polar surface area (TPSA) is 93.1 Å². The molecule has 1 N–H and O–H groups in total. The first kappa shape index (κ1) is 25.5. The maximum absolute atomic E-state index is 12.8. The van der Waals surface area contributed by atoms with Crippen molar-refractivity contribution in [2.75, 3.05) is 6.61 Å². The van der Waals surface area contributed by atoms with Crippen LogP contribution in [0.4, 0.5) is 0 Å². The molecule has 0 saturated heterocycles. The molecule has 7 heteroatoms. The molecule has 0 spiro atoms. The van der Waals surface area contributed by atoms with Crippen LogP contribution in [0.15, 0.2) is 83.1 Å². The van der Waals surface area contributed by atoms with Crippen molar-refractivity contribution in [1.82, 2.24) is 15.1 Å². The number of nitriles is 1. The zero-order chi connectivity index (χ0) is 26.2. The summed E-state index contributed by atoms with van der Waals surface area (Å²) in [6.07, 6.45) is 5.91. The second kappa shape index (κ2) is 11.9. The number of amides is 1. The Hall–Kier alpha value is -4.57. The Morgan fingerprint density at radius 3 is 2.68 bits per heavy atom. The van der Waals surface area contributed by atoms with Gasteiger partial charge in [-0.3, -0.25) is 4.79 Å². The number of rotatable bonds is 10. The third-order valence-electron chi connectivity index (χ3n) is 5.83. The van der Waals surface area contributed by atoms with Crippen LogP contribution in [0.5, 0.6) is 5.75 Å². The first-order valence-electron chi connectivity index (χ1n) is 12.3. The Morgan fingerprint density at radius 2 is 2.00 bits per heavy atom. The number of hydrogen-bond donors (Lipinski definition) is 1. The maximum atomic E-state index is 12.8. The lowest BCUT2D eigenvalue weighted by Gasteiger charge is -2.11. The highest BCUT2D eigenvalue weighted by Gasteiger charge is 2.16. The van der Waals surface area contributed by atoms with E-state index in [1.165, 1.54) is 6.26 Å². The summed E-state index contributed by atoms with van der Waals surface area (Å²) in [6, 6.07) is 21.1. The summed E-state index contributed by atoms with van der Waals surface area (Å²) in [4.78, 5) is 12.8. The van der Waals surface area contributed by atoms with Crippen molar-refractivity contribution < 1.29 is 13.9 Å². The number of ether oxygens (including phenoxy) is 1. The number of aryl methyl sites for hydroxylation is 1. The van der Waals surface area contributed by atoms with Crippen molar-refractivity contribution in [3.05, 3.63) is 95.6 Å². The summed E-state index contributed by atoms with van der Waals surface area (Å²) >= 11 is 0. The van der Waals surface area contributed by atoms with E-state index in [0.717, 1.165) is 29.0 Å². The third kappa shape index (κ3) is 6.56. The molecular weight excluding hydrogens is 464 g/mol. The van der Waals surface area contributed by atoms with Gasteiger partial charge in [-0.25, -0.2) is 4.68 Å². The predicted octanol–water partition coefficient (Wildman–Crippen LogP) is 6.09. The number of aromatic nitrogens is 2. The first-order chi connectivity index (χ1) is 17.9. The number of furan rings is 1. The zero-order valence-corrected chi connectivity index (χ0v) is 21.3. The van der Waals surface area contributed by atoms with Crippen molar-refractivity contribution >= 4 is 12.0 Å². The second-order valence-electron chi connectivity index (χ2n) is 9.16. The molecule has 0 bridgehead atoms. The smallest absolute Gasteiger partial charge is 0.262 e. The van der Waals surface area contributed by atoms with Crippen LogP contribution < -0.4 is 10.1 Å². The van der Waals surface area contributed by atoms with Crippen molar-refractivity contribution in [3.8, 4) is 28.8 Å². The fourth-order valence-corrected chi connectivity index (χ4v) is 3.77. The lowest BCUT2D eigenvalue weighted by molar-refractivity contribution is -0.117. The molecule has 0 aliphatic rings. The minimum absolute atomic E-state index is 0.0224. The van der Waals surface area contributed by atoms with Crippen LogP contribution in [0.2, 0.25) is 0 Å². The number of benzene rings is 2. The number of nitrogens with one attached hydrogen (secondary N) is 1. The molecular formula is C30H30N4O3. The van der Waals surface area contributed by atoms with Gasteiger partial charge in [-0.2, -0.15) is 10.4 Å². The highest BCUT2D eigenvalue weighted by atomic mass is 16.5. The fraction of sp³-hybridized carbons (Fsp3) is 0.233. The molecule has 1 amide bonds. The number of hydrogen-bond acceptors (Lipinski definition) is 5. The molecule has 0 atom stereocenters. The summed E-state index contributed by atoms with van der Waals surface area (Å²) < 4.78 is 13.0. The minimum atomic E-state index is -0.484. The van der Waals surface area contributed by atoms with E-state index < -0.39 is 5.91 Å². The molecule has 0 saturated carbocycles. The third-order valence-corrected chi connectivity index (χ3v) is 5.83. The Balaban J connectivity index is 1.67. The van der Waals surface area contributed by atoms with Gasteiger partial charge in [0.05, 0.1) is 25.1 Å². The van der Waals surface area contributed by atoms with E-state index in [1.54, 1.807) is 22.9 Å². The normalized spacial score (nSPS) is 11.4. The van der Waals surface area contributed by atoms with Crippen molar-refractivity contribution in [2.24, 2.45) is 5.92 Å². The van der Waals surface area contributed by atoms with E-state index in [0.29, 0.717) is 29.5 Å². The average molecular weight is 495 g/mol. The zero-order valence-electron chi connectivity index (χ0n) is 21.3. The van der Waals surface area contributed by atoms with Crippen LogP contribution >= 0.6 is 0 Å². The van der Waals surface area contributed by atoms with E-state index >= 15 is 0 Å². The Labute approximate surface area is 217 Å². The van der Waals surface area contributed by atoms with Crippen LogP contribution in [-0.4, -0.2) is 22.3 Å². The number of nitrogens with zero attached hydrogens (tertiary/aromatic N) is 3. The molecule has 0 radical (unpaired) electrons. The van der Waals surface area contributed by atoms with Crippen LogP contribution in [0.1, 0.15) is 37.2 Å². The van der Waals surface area contributed by atoms with E-state index in [1.807, 2.05) is 67.7 Å². The number of carbonyl (C=O) groups excluding carboxylic acids is 1. The van der Waals surface area contributed by atoms with Gasteiger partial charge < -0.3 is 14.5 Å². The van der Waals surface area contributed by atoms with Gasteiger partial charge in [0, 0.05) is 17.3 Å². The van der Waals surface area contributed by atoms with Crippen LogP contribution in [0.25, 0.3) is 23.0 Å². The molecule has 0 unspecified atom stereocenters. The molecule has 4 aromatic rings. The quantitative estimate of drug-likeness (QED) is 0.213. The molecule has 2 aromatic carbocycles. The molecule has 37 heavy (non-hydrogen) atoms. The highest BCUT2D eigenvalue weighted by Crippen LogP contribution is 2.30. The van der Waals surface area contributed by atoms with E-state index in [-0.39, 0.29) is 12.1 Å². The summed E-state index contributed by atoms with van der Waals surface area (Å²) in [5, 5.41) is 17.3. The molecule has 2 aromatic heterocycles. The minimum Gasteiger partial charge on any atom is -0.493 e. The van der Waals surface area contributed by atoms with Crippen molar-refractivity contribution in [1.29, 1.82) is 5.26 Å². The van der Waals surface area contributed by atoms with Crippen molar-refractivity contribution in [2.45, 2.75) is 33.7 Å². The van der Waals surface area contributed by atoms with Gasteiger partial charge in [0.2, 0.25) is 0 Å². The number of carbonyl (C=O) groups is 1. The van der Waals surface area contributed by atoms with E-state index in [2.05, 4.69) is 19.2 Å². The SMILES string of the molecule is Cc1cc(-c2nn(-c3ccccc3)cc2/C=C(\C#N)C(=O)NCc2ccco2)ccc1OCCC(C)C. The van der Waals surface area contributed by atoms with Gasteiger partial charge in [0.1, 0.15) is 28.8 Å². The molecule has 0 aliphatic carbocycles. The highest BCUT2D eigenvalue weighted by molar-refractivity contribution is 6.02. The maximum Gasteiger partial charge on any atom is 0.262 e. The summed E-state index contributed by atoms with van der Waals surface area (Å²) in [6.45, 7) is 7.20. The standard InChI is InChI=1S/C30H30N4O3/c1-21(2)13-15-37-28-12-11-23(16-22(28)3)29-25(20-34(33-29)26-8-5-4-6-9-26)17-24(18-31)30(35)32-19-27-10-7-14-36-27/h4-12,14,16-17,20-21H,13,15,19H2,1-3H3,(H,32,35)/b24-17+. The molecule has 0 aliphatic heterocycles. The lowest BCUT2D eigenvalue weighted by atomic mass is 10.0. The van der Waals surface area contributed by atoms with Crippen LogP contribution in [-0.2, 0) is 11.3 Å². The molecule has 2 heterocycles. The second-order valence-corrected chi connectivity index (χ2v) is 9.16. The Bertz CT molecular complexity index is 1410. The van der Waals surface area contributed by atoms with Gasteiger partial charge >= 0.3 is 0 Å². The summed E-state index contributed by atoms with van der Waals surface area (Å²) in [7, 11) is 0. The summed E-state index contributed by atoms with van der Waals surface area (Å²) in [5.74, 6) is 1.53. The van der Waals surface area contributed by atoms with Crippen molar-refractivity contribution in [3.63, 3.8) is 0 Å². The van der Waals surface area contributed by atoms with Crippen LogP contribution in [0.3, 0.4) is 0 Å². The van der Waals surface area contributed by atoms with Gasteiger partial charge in [-0.1, -0.05) is 32.0 Å². The summed E-state index contributed by atoms with van der Waals surface area (Å²) in [5.41, 5.74) is 4.01. The molecule has 7 nitrogen and oxygen atoms in total. The van der Waals surface area contributed by atoms with Gasteiger partial charge in [-0.15, -0.1) is 0 Å². The lowest BCUT2D eigenvalue weighted by Crippen LogP contribution is -2.23. The first-order valence-corrected chi connectivity index (χ1v) is 12.3. The fourth-order valence-electron chi connectivity index (χ4n) is 3.77. The largest absolute Gasteiger partial charge is 0.493 e. The van der Waals surface area contributed by atoms with Gasteiger partial charge in [-0.05, 0) is 73.4 Å². The Kier molecular flexibility index (Phi) is 8.22. The molecule has 4 rings (SSSR count). The molecule has 0 fully saturated rings. The van der Waals surface area contributed by atoms with E-state index in [9.17, 15) is 10.1 Å². The van der Waals surface area contributed by atoms with E-state index in [4.69, 9.17) is 14.3 Å². The number of para-hydroxylation sites is 1. The molecule has 188 valence electrons. The van der Waals surface area contributed by atoms with Gasteiger partial charge in [0.15, 0.2) is 0 Å². The van der Waals surface area contributed by atoms with Crippen LogP contribution in [0, 0.1) is 24.2 Å². The average Bonchev–Trinajstić information content (AvgIpc) is 3.57. The monoisotopic (exact) mass is 494 g/mol. The van der Waals surface area contributed by atoms with Gasteiger partial charge in [0.25, 0.3) is 5.91 Å².